The zero-order valence-corrected chi connectivity index (χ0v) is 25.1. The summed E-state index contributed by atoms with van der Waals surface area (Å²) in [4.78, 5) is 34.6. The van der Waals surface area contributed by atoms with Gasteiger partial charge in [-0.05, 0) is 17.2 Å². The summed E-state index contributed by atoms with van der Waals surface area (Å²) in [5.74, 6) is -2.30. The minimum absolute atomic E-state index is 0.0279. The molecule has 1 saturated carbocycles. The van der Waals surface area contributed by atoms with Crippen molar-refractivity contribution in [2.24, 2.45) is 5.41 Å². The fourth-order valence-corrected chi connectivity index (χ4v) is 7.18. The van der Waals surface area contributed by atoms with Crippen molar-refractivity contribution in [3.8, 4) is 0 Å². The Balaban J connectivity index is 1.25. The van der Waals surface area contributed by atoms with E-state index in [4.69, 9.17) is 28.9 Å². The first-order chi connectivity index (χ1) is 22.5. The van der Waals surface area contributed by atoms with E-state index in [2.05, 4.69) is 5.32 Å². The maximum absolute atomic E-state index is 14.1. The molecule has 240 valence electrons. The number of nitrogens with zero attached hydrogens (tertiary/aromatic N) is 1. The van der Waals surface area contributed by atoms with Crippen molar-refractivity contribution >= 4 is 18.0 Å². The zero-order chi connectivity index (χ0) is 31.7. The molecule has 46 heavy (non-hydrogen) atoms. The molecule has 7 rings (SSSR count). The number of esters is 1. The van der Waals surface area contributed by atoms with Gasteiger partial charge in [0.05, 0.1) is 26.0 Å². The van der Waals surface area contributed by atoms with E-state index in [1.165, 1.54) is 11.3 Å². The quantitative estimate of drug-likeness (QED) is 0.165. The van der Waals surface area contributed by atoms with E-state index in [0.29, 0.717) is 0 Å². The SMILES string of the molecule is O=C1O[C@@H]2C[C@@]3(C(=O)NCCO)[C@H](ON(Cc4ccc(C=COCCO)cc4)[C@@H]13)[C@H]1OC(c3ccccc3)(c3ccccc3)O[C@H]12. The standard InChI is InChI=1S/C35H36N2O9/c38-17-16-36-33(41)34-21-27-28-29(45-35(44-28,25-7-3-1-4-8-25)26-9-5-2-6-10-26)31(34)46-37(30(34)32(40)43-27)22-24-13-11-23(12-14-24)15-19-42-20-18-39/h1-15,19,27-31,38-39H,16-18,20-22H2,(H,36,41)/t27-,28+,29+,30+,31-,34+/m1/s1. The molecule has 3 aromatic rings. The topological polar surface area (TPSA) is 136 Å². The van der Waals surface area contributed by atoms with E-state index >= 15 is 0 Å². The number of amides is 1. The minimum Gasteiger partial charge on any atom is -0.499 e. The lowest BCUT2D eigenvalue weighted by molar-refractivity contribution is -0.213. The van der Waals surface area contributed by atoms with Crippen molar-refractivity contribution in [2.45, 2.75) is 49.2 Å². The van der Waals surface area contributed by atoms with Gasteiger partial charge in [0.1, 0.15) is 36.4 Å². The Hall–Kier alpha value is -4.10. The van der Waals surface area contributed by atoms with Crippen LogP contribution in [0.4, 0.5) is 0 Å². The van der Waals surface area contributed by atoms with Crippen LogP contribution in [0, 0.1) is 5.41 Å². The predicted molar refractivity (Wildman–Crippen MR) is 163 cm³/mol. The molecule has 0 radical (unpaired) electrons. The lowest BCUT2D eigenvalue weighted by Crippen LogP contribution is -2.69. The molecule has 11 nitrogen and oxygen atoms in total. The number of aliphatic hydroxyl groups is 2. The van der Waals surface area contributed by atoms with Crippen LogP contribution in [0.3, 0.4) is 0 Å². The Labute approximate surface area is 266 Å². The number of ether oxygens (including phenoxy) is 4. The van der Waals surface area contributed by atoms with Crippen LogP contribution in [0.25, 0.3) is 6.08 Å². The number of carbonyl (C=O) groups is 2. The number of hydroxylamine groups is 2. The van der Waals surface area contributed by atoms with Crippen LogP contribution in [0.5, 0.6) is 0 Å². The van der Waals surface area contributed by atoms with Gasteiger partial charge in [-0.1, -0.05) is 84.9 Å². The molecular weight excluding hydrogens is 592 g/mol. The lowest BCUT2D eigenvalue weighted by atomic mass is 9.62. The molecule has 0 unspecified atom stereocenters. The fraction of sp³-hybridized carbons (Fsp3) is 0.371. The first-order valence-electron chi connectivity index (χ1n) is 15.5. The molecule has 3 saturated heterocycles. The fourth-order valence-electron chi connectivity index (χ4n) is 7.18. The Morgan fingerprint density at radius 2 is 1.61 bits per heavy atom. The monoisotopic (exact) mass is 628 g/mol. The molecule has 3 N–H and O–H groups in total. The van der Waals surface area contributed by atoms with Gasteiger partial charge < -0.3 is 34.5 Å². The van der Waals surface area contributed by atoms with Crippen molar-refractivity contribution in [1.29, 1.82) is 0 Å². The van der Waals surface area contributed by atoms with E-state index in [1.807, 2.05) is 84.9 Å². The largest absolute Gasteiger partial charge is 0.499 e. The van der Waals surface area contributed by atoms with Crippen LogP contribution in [-0.2, 0) is 45.7 Å². The average molecular weight is 629 g/mol. The van der Waals surface area contributed by atoms with Gasteiger partial charge in [-0.3, -0.25) is 14.4 Å². The minimum atomic E-state index is -1.35. The molecule has 1 aliphatic carbocycles. The molecule has 0 aromatic heterocycles. The second-order valence-corrected chi connectivity index (χ2v) is 11.9. The Kier molecular flexibility index (Phi) is 8.36. The molecule has 4 aliphatic rings. The Bertz CT molecular complexity index is 1530. The van der Waals surface area contributed by atoms with Crippen molar-refractivity contribution in [3.05, 3.63) is 113 Å². The van der Waals surface area contributed by atoms with E-state index < -0.39 is 53.5 Å². The Morgan fingerprint density at radius 1 is 0.935 bits per heavy atom. The Morgan fingerprint density at radius 3 is 2.26 bits per heavy atom. The van der Waals surface area contributed by atoms with Crippen molar-refractivity contribution in [3.63, 3.8) is 0 Å². The average Bonchev–Trinajstić information content (AvgIpc) is 3.67. The summed E-state index contributed by atoms with van der Waals surface area (Å²) in [6, 6.07) is 25.7. The van der Waals surface area contributed by atoms with Crippen LogP contribution in [-0.4, -0.2) is 84.0 Å². The van der Waals surface area contributed by atoms with Crippen molar-refractivity contribution in [1.82, 2.24) is 10.4 Å². The highest BCUT2D eigenvalue weighted by molar-refractivity contribution is 5.93. The number of hydrogen-bond donors (Lipinski definition) is 3. The second kappa shape index (κ2) is 12.6. The molecule has 1 amide bonds. The number of fused-ring (bicyclic) bond motifs is 4. The second-order valence-electron chi connectivity index (χ2n) is 11.9. The van der Waals surface area contributed by atoms with Gasteiger partial charge in [-0.2, -0.15) is 5.06 Å². The highest BCUT2D eigenvalue weighted by Crippen LogP contribution is 2.59. The number of aliphatic hydroxyl groups excluding tert-OH is 2. The summed E-state index contributed by atoms with van der Waals surface area (Å²) >= 11 is 0. The summed E-state index contributed by atoms with van der Waals surface area (Å²) in [6.07, 6.45) is 0.339. The third-order valence-electron chi connectivity index (χ3n) is 9.17. The smallest absolute Gasteiger partial charge is 0.327 e. The third-order valence-corrected chi connectivity index (χ3v) is 9.17. The zero-order valence-electron chi connectivity index (χ0n) is 25.1. The van der Waals surface area contributed by atoms with Crippen LogP contribution in [0.2, 0.25) is 0 Å². The summed E-state index contributed by atoms with van der Waals surface area (Å²) in [7, 11) is 0. The number of benzene rings is 3. The van der Waals surface area contributed by atoms with Gasteiger partial charge in [-0.15, -0.1) is 0 Å². The number of rotatable bonds is 11. The molecule has 4 fully saturated rings. The predicted octanol–water partition coefficient (Wildman–Crippen LogP) is 2.26. The lowest BCUT2D eigenvalue weighted by Gasteiger charge is -2.48. The number of hydrogen-bond acceptors (Lipinski definition) is 10. The van der Waals surface area contributed by atoms with E-state index in [9.17, 15) is 14.7 Å². The molecule has 0 spiro atoms. The van der Waals surface area contributed by atoms with Gasteiger partial charge in [-0.25, -0.2) is 0 Å². The summed E-state index contributed by atoms with van der Waals surface area (Å²) < 4.78 is 25.0. The number of carbonyl (C=O) groups excluding carboxylic acids is 2. The van der Waals surface area contributed by atoms with E-state index in [1.54, 1.807) is 6.08 Å². The van der Waals surface area contributed by atoms with Gasteiger partial charge in [0.25, 0.3) is 0 Å². The molecule has 6 atom stereocenters. The summed E-state index contributed by atoms with van der Waals surface area (Å²) in [5.41, 5.74) is 1.90. The van der Waals surface area contributed by atoms with Crippen LogP contribution in [0.15, 0.2) is 91.2 Å². The molecule has 2 bridgehead atoms. The van der Waals surface area contributed by atoms with Crippen molar-refractivity contribution in [2.75, 3.05) is 26.4 Å². The van der Waals surface area contributed by atoms with Gasteiger partial charge in [0.15, 0.2) is 6.04 Å². The molecule has 3 aromatic carbocycles. The summed E-state index contributed by atoms with van der Waals surface area (Å²) in [5, 5.41) is 22.8. The maximum atomic E-state index is 14.1. The molecule has 11 heteroatoms. The van der Waals surface area contributed by atoms with Crippen molar-refractivity contribution < 1.29 is 43.6 Å². The summed E-state index contributed by atoms with van der Waals surface area (Å²) in [6.45, 7) is 0.116. The highest BCUT2D eigenvalue weighted by atomic mass is 16.8. The first-order valence-corrected chi connectivity index (χ1v) is 15.5. The molecule has 3 aliphatic heterocycles. The normalized spacial score (nSPS) is 29.3. The van der Waals surface area contributed by atoms with Gasteiger partial charge in [0.2, 0.25) is 11.7 Å². The van der Waals surface area contributed by atoms with E-state index in [-0.39, 0.29) is 39.3 Å². The van der Waals surface area contributed by atoms with Gasteiger partial charge >= 0.3 is 5.97 Å². The molecule has 3 heterocycles. The number of nitrogens with one attached hydrogen (secondary N) is 1. The third kappa shape index (κ3) is 5.09. The van der Waals surface area contributed by atoms with Gasteiger partial charge in [0, 0.05) is 24.1 Å². The van der Waals surface area contributed by atoms with Crippen LogP contribution in [0.1, 0.15) is 28.7 Å². The van der Waals surface area contributed by atoms with E-state index in [0.717, 1.165) is 22.3 Å². The highest BCUT2D eigenvalue weighted by Gasteiger charge is 2.76. The van der Waals surface area contributed by atoms with Crippen LogP contribution >= 0.6 is 0 Å². The molecular formula is C35H36N2O9. The maximum Gasteiger partial charge on any atom is 0.327 e. The van der Waals surface area contributed by atoms with Crippen LogP contribution < -0.4 is 5.32 Å². The first kappa shape index (κ1) is 30.5.